The Hall–Kier alpha value is -1.90. The third-order valence-electron chi connectivity index (χ3n) is 2.63. The van der Waals surface area contributed by atoms with Gasteiger partial charge in [0.05, 0.1) is 24.2 Å². The van der Waals surface area contributed by atoms with Crippen LogP contribution in [0.4, 0.5) is 0 Å². The number of hydrogen-bond acceptors (Lipinski definition) is 4. The lowest BCUT2D eigenvalue weighted by Crippen LogP contribution is -2.32. The van der Waals surface area contributed by atoms with E-state index < -0.39 is 12.1 Å². The van der Waals surface area contributed by atoms with E-state index in [0.29, 0.717) is 25.2 Å². The lowest BCUT2D eigenvalue weighted by Gasteiger charge is -2.23. The topological polar surface area (TPSA) is 84.6 Å². The summed E-state index contributed by atoms with van der Waals surface area (Å²) in [5.74, 6) is -0.860. The van der Waals surface area contributed by atoms with Crippen LogP contribution in [0.15, 0.2) is 24.3 Å². The fourth-order valence-electron chi connectivity index (χ4n) is 1.86. The van der Waals surface area contributed by atoms with E-state index in [0.717, 1.165) is 5.56 Å². The van der Waals surface area contributed by atoms with E-state index in [-0.39, 0.29) is 6.42 Å². The van der Waals surface area contributed by atoms with E-state index in [1.165, 1.54) is 0 Å². The summed E-state index contributed by atoms with van der Waals surface area (Å²) in [6.07, 6.45) is -0.488. The minimum absolute atomic E-state index is 0.0324. The Morgan fingerprint density at radius 3 is 2.84 bits per heavy atom. The van der Waals surface area contributed by atoms with Crippen molar-refractivity contribution in [3.63, 3.8) is 0 Å². The summed E-state index contributed by atoms with van der Waals surface area (Å²) in [7, 11) is 0. The average molecular weight is 262 g/mol. The molecule has 0 saturated carbocycles. The van der Waals surface area contributed by atoms with Crippen LogP contribution >= 0.6 is 0 Å². The first-order chi connectivity index (χ1) is 9.01. The smallest absolute Gasteiger partial charge is 0.304 e. The van der Waals surface area contributed by atoms with Crippen molar-refractivity contribution in [2.24, 2.45) is 0 Å². The summed E-state index contributed by atoms with van der Waals surface area (Å²) in [4.78, 5) is 12.5. The molecular weight excluding hydrogens is 244 g/mol. The normalized spacial score (nSPS) is 12.1. The molecule has 102 valence electrons. The molecule has 0 aliphatic rings. The highest BCUT2D eigenvalue weighted by Crippen LogP contribution is 2.09. The summed E-state index contributed by atoms with van der Waals surface area (Å²) in [6.45, 7) is 2.97. The standard InChI is InChI=1S/C14H18N2O3/c1-11(17)9-16(6-5-14(18)19)10-13-4-2-3-12(7-13)8-15/h2-4,7,11,17H,5-6,9-10H2,1H3,(H,18,19). The Balaban J connectivity index is 2.69. The van der Waals surface area contributed by atoms with Crippen LogP contribution < -0.4 is 0 Å². The third kappa shape index (κ3) is 6.00. The molecule has 0 bridgehead atoms. The van der Waals surface area contributed by atoms with Gasteiger partial charge in [-0.2, -0.15) is 5.26 Å². The number of aliphatic carboxylic acids is 1. The molecule has 0 aromatic heterocycles. The summed E-state index contributed by atoms with van der Waals surface area (Å²) >= 11 is 0. The highest BCUT2D eigenvalue weighted by Gasteiger charge is 2.11. The highest BCUT2D eigenvalue weighted by molar-refractivity contribution is 5.66. The Morgan fingerprint density at radius 1 is 1.53 bits per heavy atom. The zero-order valence-electron chi connectivity index (χ0n) is 10.9. The Bertz CT molecular complexity index is 466. The fraction of sp³-hybridized carbons (Fsp3) is 0.429. The molecule has 5 heteroatoms. The number of carbonyl (C=O) groups is 1. The van der Waals surface area contributed by atoms with Gasteiger partial charge in [0.25, 0.3) is 0 Å². The van der Waals surface area contributed by atoms with Gasteiger partial charge in [-0.3, -0.25) is 9.69 Å². The molecule has 0 aliphatic heterocycles. The van der Waals surface area contributed by atoms with Crippen molar-refractivity contribution in [2.45, 2.75) is 26.0 Å². The first-order valence-electron chi connectivity index (χ1n) is 6.12. The van der Waals surface area contributed by atoms with E-state index in [4.69, 9.17) is 10.4 Å². The summed E-state index contributed by atoms with van der Waals surface area (Å²) in [6, 6.07) is 9.25. The van der Waals surface area contributed by atoms with Gasteiger partial charge < -0.3 is 10.2 Å². The molecule has 0 spiro atoms. The van der Waals surface area contributed by atoms with Gasteiger partial charge in [0.1, 0.15) is 0 Å². The number of nitriles is 1. The molecule has 1 aromatic rings. The average Bonchev–Trinajstić information content (AvgIpc) is 2.35. The van der Waals surface area contributed by atoms with Crippen LogP contribution in [0.3, 0.4) is 0 Å². The largest absolute Gasteiger partial charge is 0.481 e. The van der Waals surface area contributed by atoms with E-state index in [2.05, 4.69) is 6.07 Å². The molecule has 1 aromatic carbocycles. The molecule has 1 atom stereocenters. The molecule has 2 N–H and O–H groups in total. The van der Waals surface area contributed by atoms with Crippen molar-refractivity contribution in [1.29, 1.82) is 5.26 Å². The van der Waals surface area contributed by atoms with Gasteiger partial charge in [-0.1, -0.05) is 12.1 Å². The second-order valence-electron chi connectivity index (χ2n) is 4.54. The highest BCUT2D eigenvalue weighted by atomic mass is 16.4. The van der Waals surface area contributed by atoms with Crippen LogP contribution in [-0.4, -0.2) is 40.3 Å². The predicted molar refractivity (Wildman–Crippen MR) is 70.4 cm³/mol. The van der Waals surface area contributed by atoms with Crippen molar-refractivity contribution in [1.82, 2.24) is 4.90 Å². The van der Waals surface area contributed by atoms with Gasteiger partial charge in [-0.15, -0.1) is 0 Å². The van der Waals surface area contributed by atoms with Crippen LogP contribution in [0, 0.1) is 11.3 Å². The third-order valence-corrected chi connectivity index (χ3v) is 2.63. The monoisotopic (exact) mass is 262 g/mol. The molecule has 19 heavy (non-hydrogen) atoms. The van der Waals surface area contributed by atoms with Crippen LogP contribution in [0.2, 0.25) is 0 Å². The number of rotatable bonds is 7. The maximum absolute atomic E-state index is 10.6. The first-order valence-corrected chi connectivity index (χ1v) is 6.12. The number of carboxylic acid groups (broad SMARTS) is 1. The van der Waals surface area contributed by atoms with Crippen LogP contribution in [0.1, 0.15) is 24.5 Å². The van der Waals surface area contributed by atoms with Gasteiger partial charge in [0.15, 0.2) is 0 Å². The number of benzene rings is 1. The zero-order chi connectivity index (χ0) is 14.3. The number of carboxylic acids is 1. The van der Waals surface area contributed by atoms with E-state index in [1.807, 2.05) is 11.0 Å². The molecular formula is C14H18N2O3. The predicted octanol–water partition coefficient (Wildman–Crippen LogP) is 1.22. The van der Waals surface area contributed by atoms with Gasteiger partial charge in [-0.05, 0) is 24.6 Å². The van der Waals surface area contributed by atoms with Crippen molar-refractivity contribution < 1.29 is 15.0 Å². The Morgan fingerprint density at radius 2 is 2.26 bits per heavy atom. The van der Waals surface area contributed by atoms with E-state index >= 15 is 0 Å². The lowest BCUT2D eigenvalue weighted by atomic mass is 10.1. The molecule has 0 fully saturated rings. The molecule has 5 nitrogen and oxygen atoms in total. The molecule has 0 aliphatic carbocycles. The summed E-state index contributed by atoms with van der Waals surface area (Å²) in [5.41, 5.74) is 1.51. The van der Waals surface area contributed by atoms with Crippen LogP contribution in [-0.2, 0) is 11.3 Å². The second kappa shape index (κ2) is 7.52. The number of aliphatic hydroxyl groups excluding tert-OH is 1. The molecule has 0 saturated heterocycles. The Kier molecular flexibility index (Phi) is 6.00. The SMILES string of the molecule is CC(O)CN(CCC(=O)O)Cc1cccc(C#N)c1. The van der Waals surface area contributed by atoms with E-state index in [9.17, 15) is 9.90 Å². The summed E-state index contributed by atoms with van der Waals surface area (Å²) in [5, 5.41) is 27.0. The minimum atomic E-state index is -0.860. The quantitative estimate of drug-likeness (QED) is 0.771. The molecule has 1 rings (SSSR count). The zero-order valence-corrected chi connectivity index (χ0v) is 10.9. The molecule has 0 radical (unpaired) electrons. The van der Waals surface area contributed by atoms with E-state index in [1.54, 1.807) is 25.1 Å². The van der Waals surface area contributed by atoms with Crippen molar-refractivity contribution >= 4 is 5.97 Å². The first kappa shape index (κ1) is 15.2. The lowest BCUT2D eigenvalue weighted by molar-refractivity contribution is -0.137. The van der Waals surface area contributed by atoms with Crippen molar-refractivity contribution in [2.75, 3.05) is 13.1 Å². The number of aliphatic hydroxyl groups is 1. The van der Waals surface area contributed by atoms with Gasteiger partial charge in [0.2, 0.25) is 0 Å². The molecule has 0 amide bonds. The van der Waals surface area contributed by atoms with Gasteiger partial charge >= 0.3 is 5.97 Å². The summed E-state index contributed by atoms with van der Waals surface area (Å²) < 4.78 is 0. The molecule has 0 heterocycles. The van der Waals surface area contributed by atoms with Crippen molar-refractivity contribution in [3.05, 3.63) is 35.4 Å². The number of nitrogens with zero attached hydrogens (tertiary/aromatic N) is 2. The molecule has 1 unspecified atom stereocenters. The maximum atomic E-state index is 10.6. The van der Waals surface area contributed by atoms with Crippen molar-refractivity contribution in [3.8, 4) is 6.07 Å². The van der Waals surface area contributed by atoms with Gasteiger partial charge in [0, 0.05) is 19.6 Å². The van der Waals surface area contributed by atoms with Crippen LogP contribution in [0.25, 0.3) is 0 Å². The fourth-order valence-corrected chi connectivity index (χ4v) is 1.86. The second-order valence-corrected chi connectivity index (χ2v) is 4.54. The number of hydrogen-bond donors (Lipinski definition) is 2. The van der Waals surface area contributed by atoms with Gasteiger partial charge in [-0.25, -0.2) is 0 Å². The van der Waals surface area contributed by atoms with Crippen LogP contribution in [0.5, 0.6) is 0 Å². The Labute approximate surface area is 112 Å². The minimum Gasteiger partial charge on any atom is -0.481 e. The maximum Gasteiger partial charge on any atom is 0.304 e.